The van der Waals surface area contributed by atoms with Crippen LogP contribution in [0.15, 0.2) is 182 Å². The minimum Gasteiger partial charge on any atom is -0.386 e. The predicted molar refractivity (Wildman–Crippen MR) is 247 cm³/mol. The molecule has 0 unspecified atom stereocenters. The first kappa shape index (κ1) is 44.1. The Morgan fingerprint density at radius 3 is 0.774 bits per heavy atom. The fraction of sp³-hybridized carbons (Fsp3) is 0.118. The van der Waals surface area contributed by atoms with Gasteiger partial charge in [-0.2, -0.15) is 4.57 Å². The Balaban J connectivity index is 1.14. The molecule has 3 amide bonds. The average molecular weight is 846 g/mol. The van der Waals surface area contributed by atoms with Gasteiger partial charge in [0.2, 0.25) is 0 Å². The zero-order valence-corrected chi connectivity index (χ0v) is 35.8. The Morgan fingerprint density at radius 2 is 0.581 bits per heavy atom. The summed E-state index contributed by atoms with van der Waals surface area (Å²) in [7, 11) is -4.33. The number of rotatable bonds is 18. The highest BCUT2D eigenvalue weighted by molar-refractivity contribution is 7.49. The van der Waals surface area contributed by atoms with E-state index in [9.17, 15) is 18.9 Å². The van der Waals surface area contributed by atoms with Gasteiger partial charge in [0.1, 0.15) is 17.2 Å². The largest absolute Gasteiger partial charge is 0.647 e. The van der Waals surface area contributed by atoms with Crippen molar-refractivity contribution in [3.8, 4) is 17.2 Å². The number of amides is 3. The van der Waals surface area contributed by atoms with Gasteiger partial charge >= 0.3 is 7.82 Å². The van der Waals surface area contributed by atoms with Gasteiger partial charge in [0.05, 0.1) is 0 Å². The lowest BCUT2D eigenvalue weighted by molar-refractivity contribution is -0.113. The van der Waals surface area contributed by atoms with Crippen LogP contribution in [0.2, 0.25) is 0 Å². The molecule has 0 atom stereocenters. The zero-order chi connectivity index (χ0) is 44.2. The molecule has 0 aliphatic carbocycles. The summed E-state index contributed by atoms with van der Waals surface area (Å²) in [5, 5.41) is 8.42. The topological polar surface area (TPSA) is 132 Å². The second-order valence-electron chi connectivity index (χ2n) is 15.0. The first-order chi connectivity index (χ1) is 29.7. The van der Waals surface area contributed by atoms with Crippen molar-refractivity contribution in [1.82, 2.24) is 0 Å². The molecule has 0 spiro atoms. The van der Waals surface area contributed by atoms with E-state index < -0.39 is 7.82 Å². The van der Waals surface area contributed by atoms with Crippen LogP contribution in [0.1, 0.15) is 54.2 Å². The van der Waals surface area contributed by atoms with Crippen molar-refractivity contribution in [2.24, 2.45) is 0 Å². The maximum absolute atomic E-state index is 14.5. The van der Waals surface area contributed by atoms with Crippen molar-refractivity contribution in [1.29, 1.82) is 0 Å². The van der Waals surface area contributed by atoms with Gasteiger partial charge in [-0.25, -0.2) is 0 Å². The number of hydrogen-bond acceptors (Lipinski definition) is 7. The minimum atomic E-state index is -4.33. The van der Waals surface area contributed by atoms with E-state index in [0.717, 1.165) is 33.4 Å². The molecule has 0 aliphatic rings. The van der Waals surface area contributed by atoms with Crippen molar-refractivity contribution in [2.75, 3.05) is 16.0 Å². The Morgan fingerprint density at radius 1 is 0.387 bits per heavy atom. The first-order valence-corrected chi connectivity index (χ1v) is 21.3. The molecule has 11 heteroatoms. The number of phosphoric ester groups is 1. The van der Waals surface area contributed by atoms with Crippen LogP contribution in [0.5, 0.6) is 17.2 Å². The van der Waals surface area contributed by atoms with Crippen molar-refractivity contribution in [3.63, 3.8) is 0 Å². The summed E-state index contributed by atoms with van der Waals surface area (Å²) in [6, 6.07) is 44.2. The van der Waals surface area contributed by atoms with Crippen molar-refractivity contribution in [3.05, 3.63) is 215 Å². The molecule has 6 rings (SSSR count). The SMILES string of the molecule is C=C(C)C(=O)Nc1ccc(Cc2ccc(OP(=O)(Oc3ccc(Cc4ccc(NC(=O)C(=C)C)cc4)cc3)Oc3ccc(Cc4ccc(NC(=O)C(=C)C)cc4)cc3)cc2)cc1. The van der Waals surface area contributed by atoms with Crippen LogP contribution < -0.4 is 29.5 Å². The van der Waals surface area contributed by atoms with Gasteiger partial charge in [-0.1, -0.05) is 92.5 Å². The van der Waals surface area contributed by atoms with Crippen LogP contribution in [0.4, 0.5) is 17.1 Å². The van der Waals surface area contributed by atoms with Gasteiger partial charge in [0.25, 0.3) is 17.7 Å². The van der Waals surface area contributed by atoms with Gasteiger partial charge < -0.3 is 29.5 Å². The van der Waals surface area contributed by atoms with E-state index in [2.05, 4.69) is 35.7 Å². The van der Waals surface area contributed by atoms with E-state index in [0.29, 0.717) is 53.0 Å². The van der Waals surface area contributed by atoms with E-state index in [1.54, 1.807) is 57.2 Å². The van der Waals surface area contributed by atoms with E-state index >= 15 is 0 Å². The highest BCUT2D eigenvalue weighted by atomic mass is 31.2. The number of nitrogens with one attached hydrogen (secondary N) is 3. The van der Waals surface area contributed by atoms with Crippen LogP contribution >= 0.6 is 7.82 Å². The van der Waals surface area contributed by atoms with Crippen LogP contribution in [-0.2, 0) is 38.2 Å². The van der Waals surface area contributed by atoms with Crippen molar-refractivity contribution >= 4 is 42.6 Å². The van der Waals surface area contributed by atoms with Gasteiger partial charge in [-0.05, 0) is 146 Å². The highest BCUT2D eigenvalue weighted by Crippen LogP contribution is 2.50. The summed E-state index contributed by atoms with van der Waals surface area (Å²) in [6.07, 6.45) is 1.84. The average Bonchev–Trinajstić information content (AvgIpc) is 3.25. The van der Waals surface area contributed by atoms with Gasteiger partial charge in [-0.15, -0.1) is 0 Å². The van der Waals surface area contributed by atoms with Crippen molar-refractivity contribution < 1.29 is 32.5 Å². The van der Waals surface area contributed by atoms with E-state index in [4.69, 9.17) is 13.6 Å². The molecule has 0 bridgehead atoms. The Hall–Kier alpha value is -7.42. The molecule has 0 radical (unpaired) electrons. The first-order valence-electron chi connectivity index (χ1n) is 19.8. The molecule has 0 saturated heterocycles. The van der Waals surface area contributed by atoms with Crippen LogP contribution in [0, 0.1) is 0 Å². The lowest BCUT2D eigenvalue weighted by atomic mass is 10.0. The van der Waals surface area contributed by atoms with Gasteiger partial charge in [-0.3, -0.25) is 14.4 Å². The molecule has 6 aromatic rings. The van der Waals surface area contributed by atoms with Crippen LogP contribution in [-0.4, -0.2) is 17.7 Å². The summed E-state index contributed by atoms with van der Waals surface area (Å²) >= 11 is 0. The van der Waals surface area contributed by atoms with Gasteiger partial charge in [0.15, 0.2) is 0 Å². The molecule has 0 aliphatic heterocycles. The van der Waals surface area contributed by atoms with E-state index in [1.165, 1.54) is 0 Å². The Labute approximate surface area is 362 Å². The number of hydrogen-bond donors (Lipinski definition) is 3. The molecular formula is C51H48N3O7P. The smallest absolute Gasteiger partial charge is 0.386 e. The standard InChI is InChI=1S/C51H48N3O7P/c1-34(2)49(55)52-43-19-7-37(8-20-43)31-40-13-25-46(26-14-40)59-62(58,60-47-27-15-41(16-28-47)32-38-9-21-44(22-10-38)53-50(56)35(3)4)61-48-29-17-42(18-30-48)33-39-11-23-45(24-12-39)54-51(57)36(5)6/h7-30H,1,3,5,31-33H2,2,4,6H3,(H,52,55)(H,53,56)(H,54,57). The third-order valence-corrected chi connectivity index (χ3v) is 10.7. The maximum atomic E-state index is 14.5. The molecule has 0 fully saturated rings. The third-order valence-electron chi connectivity index (χ3n) is 9.44. The second-order valence-corrected chi connectivity index (χ2v) is 16.4. The second kappa shape index (κ2) is 20.2. The molecule has 0 aromatic heterocycles. The highest BCUT2D eigenvalue weighted by Gasteiger charge is 2.33. The molecule has 314 valence electrons. The molecule has 62 heavy (non-hydrogen) atoms. The normalized spacial score (nSPS) is 10.8. The number of phosphoric acid groups is 1. The molecule has 0 saturated carbocycles. The summed E-state index contributed by atoms with van der Waals surface area (Å²) in [5.74, 6) is 0.164. The van der Waals surface area contributed by atoms with Crippen molar-refractivity contribution in [2.45, 2.75) is 40.0 Å². The lowest BCUT2D eigenvalue weighted by Crippen LogP contribution is -2.11. The van der Waals surface area contributed by atoms with Crippen LogP contribution in [0.3, 0.4) is 0 Å². The minimum absolute atomic E-state index is 0.231. The van der Waals surface area contributed by atoms with E-state index in [-0.39, 0.29) is 35.0 Å². The summed E-state index contributed by atoms with van der Waals surface area (Å²) in [6.45, 7) is 16.0. The quantitative estimate of drug-likeness (QED) is 0.0579. The zero-order valence-electron chi connectivity index (χ0n) is 34.9. The number of benzene rings is 6. The fourth-order valence-electron chi connectivity index (χ4n) is 5.99. The monoisotopic (exact) mass is 845 g/mol. The Kier molecular flexibility index (Phi) is 14.4. The van der Waals surface area contributed by atoms with E-state index in [1.807, 2.05) is 109 Å². The summed E-state index contributed by atoms with van der Waals surface area (Å²) in [4.78, 5) is 35.9. The Bertz CT molecular complexity index is 2330. The maximum Gasteiger partial charge on any atom is 0.647 e. The lowest BCUT2D eigenvalue weighted by Gasteiger charge is -2.20. The summed E-state index contributed by atoms with van der Waals surface area (Å²) in [5.41, 5.74) is 9.37. The van der Waals surface area contributed by atoms with Gasteiger partial charge in [0, 0.05) is 33.8 Å². The molecule has 3 N–H and O–H groups in total. The fourth-order valence-corrected chi connectivity index (χ4v) is 7.24. The number of carbonyl (C=O) groups excluding carboxylic acids is 3. The van der Waals surface area contributed by atoms with Crippen LogP contribution in [0.25, 0.3) is 0 Å². The third kappa shape index (κ3) is 13.0. The molecular weight excluding hydrogens is 798 g/mol. The molecule has 6 aromatic carbocycles. The predicted octanol–water partition coefficient (Wildman–Crippen LogP) is 11.6. The molecule has 10 nitrogen and oxygen atoms in total. The summed E-state index contributed by atoms with van der Waals surface area (Å²) < 4.78 is 32.6. The number of carbonyl (C=O) groups is 3. The molecule has 0 heterocycles. The number of anilines is 3.